The number of hydrogen-bond donors (Lipinski definition) is 1. The maximum atomic E-state index is 13.0. The molecule has 0 unspecified atom stereocenters. The largest absolute Gasteiger partial charge is 0.452 e. The Hall–Kier alpha value is -3.78. The molecule has 0 aliphatic carbocycles. The number of ketones is 1. The summed E-state index contributed by atoms with van der Waals surface area (Å²) in [6.07, 6.45) is 0.899. The number of amides is 1. The summed E-state index contributed by atoms with van der Waals surface area (Å²) in [5.41, 5.74) is 1.65. The van der Waals surface area contributed by atoms with Crippen molar-refractivity contribution >= 4 is 33.2 Å². The smallest absolute Gasteiger partial charge is 0.338 e. The maximum Gasteiger partial charge on any atom is 0.338 e. The van der Waals surface area contributed by atoms with E-state index in [0.717, 1.165) is 18.1 Å². The normalized spacial score (nSPS) is 14.5. The van der Waals surface area contributed by atoms with Gasteiger partial charge in [-0.15, -0.1) is 0 Å². The maximum absolute atomic E-state index is 13.0. The standard InChI is InChI=1S/C26H23NO6S/c1-3-16(2)18-8-4-6-10-21(18)27-24(28)15-33-26(30)17-12-13-20-23(14-17)34(31,32)22-11-7-5-9-19(22)25(20)29/h4-14,16H,3,15H2,1-2H3,(H,27,28)/t16-/m1/s1. The van der Waals surface area contributed by atoms with Crippen LogP contribution in [0.5, 0.6) is 0 Å². The quantitative estimate of drug-likeness (QED) is 0.413. The van der Waals surface area contributed by atoms with Gasteiger partial charge >= 0.3 is 5.97 Å². The van der Waals surface area contributed by atoms with Gasteiger partial charge in [0.05, 0.1) is 15.4 Å². The predicted octanol–water partition coefficient (Wildman–Crippen LogP) is 4.37. The zero-order chi connectivity index (χ0) is 24.5. The van der Waals surface area contributed by atoms with E-state index in [0.29, 0.717) is 5.69 Å². The van der Waals surface area contributed by atoms with Crippen LogP contribution in [0.25, 0.3) is 0 Å². The van der Waals surface area contributed by atoms with Gasteiger partial charge in [0.15, 0.2) is 12.4 Å². The number of hydrogen-bond acceptors (Lipinski definition) is 6. The number of rotatable bonds is 6. The van der Waals surface area contributed by atoms with Crippen LogP contribution >= 0.6 is 0 Å². The van der Waals surface area contributed by atoms with Crippen molar-refractivity contribution in [3.05, 3.63) is 89.0 Å². The van der Waals surface area contributed by atoms with Crippen LogP contribution in [0.2, 0.25) is 0 Å². The minimum absolute atomic E-state index is 0.00496. The molecule has 7 nitrogen and oxygen atoms in total. The first-order valence-corrected chi connectivity index (χ1v) is 12.3. The number of anilines is 1. The highest BCUT2D eigenvalue weighted by atomic mass is 32.2. The number of esters is 1. The fraction of sp³-hybridized carbons (Fsp3) is 0.192. The third kappa shape index (κ3) is 4.24. The minimum Gasteiger partial charge on any atom is -0.452 e. The molecule has 0 saturated heterocycles. The van der Waals surface area contributed by atoms with E-state index in [4.69, 9.17) is 4.74 Å². The molecule has 1 heterocycles. The van der Waals surface area contributed by atoms with E-state index in [9.17, 15) is 22.8 Å². The average Bonchev–Trinajstić information content (AvgIpc) is 2.85. The number of fused-ring (bicyclic) bond motifs is 2. The van der Waals surface area contributed by atoms with Crippen LogP contribution in [0.4, 0.5) is 5.69 Å². The van der Waals surface area contributed by atoms with Gasteiger partial charge in [0.25, 0.3) is 5.91 Å². The zero-order valence-corrected chi connectivity index (χ0v) is 19.5. The third-order valence-electron chi connectivity index (χ3n) is 5.89. The Morgan fingerprint density at radius 3 is 2.38 bits per heavy atom. The molecule has 1 atom stereocenters. The van der Waals surface area contributed by atoms with Crippen molar-refractivity contribution in [2.45, 2.75) is 36.0 Å². The Bertz CT molecular complexity index is 1410. The lowest BCUT2D eigenvalue weighted by Gasteiger charge is -2.19. The average molecular weight is 478 g/mol. The van der Waals surface area contributed by atoms with E-state index in [1.165, 1.54) is 30.3 Å². The van der Waals surface area contributed by atoms with E-state index in [2.05, 4.69) is 19.2 Å². The van der Waals surface area contributed by atoms with E-state index in [1.54, 1.807) is 18.2 Å². The lowest BCUT2D eigenvalue weighted by atomic mass is 9.97. The van der Waals surface area contributed by atoms with Crippen molar-refractivity contribution in [3.63, 3.8) is 0 Å². The number of nitrogens with one attached hydrogen (secondary N) is 1. The van der Waals surface area contributed by atoms with Crippen molar-refractivity contribution in [1.82, 2.24) is 0 Å². The summed E-state index contributed by atoms with van der Waals surface area (Å²) in [7, 11) is -3.99. The molecule has 3 aromatic carbocycles. The highest BCUT2D eigenvalue weighted by Crippen LogP contribution is 2.35. The SMILES string of the molecule is CC[C@@H](C)c1ccccc1NC(=O)COC(=O)c1ccc2c(c1)S(=O)(=O)c1ccccc1C2=O. The second-order valence-electron chi connectivity index (χ2n) is 8.06. The van der Waals surface area contributed by atoms with Gasteiger partial charge in [0, 0.05) is 16.8 Å². The lowest BCUT2D eigenvalue weighted by Crippen LogP contribution is -2.23. The van der Waals surface area contributed by atoms with Crippen LogP contribution in [0.15, 0.2) is 76.5 Å². The van der Waals surface area contributed by atoms with Crippen molar-refractivity contribution in [1.29, 1.82) is 0 Å². The predicted molar refractivity (Wildman–Crippen MR) is 126 cm³/mol. The van der Waals surface area contributed by atoms with Gasteiger partial charge in [0.1, 0.15) is 0 Å². The summed E-state index contributed by atoms with van der Waals surface area (Å²) < 4.78 is 31.2. The summed E-state index contributed by atoms with van der Waals surface area (Å²) in [5, 5.41) is 2.76. The van der Waals surface area contributed by atoms with Crippen LogP contribution in [0, 0.1) is 0 Å². The molecule has 1 aliphatic heterocycles. The molecule has 0 bridgehead atoms. The lowest BCUT2D eigenvalue weighted by molar-refractivity contribution is -0.119. The molecule has 3 aromatic rings. The summed E-state index contributed by atoms with van der Waals surface area (Å²) >= 11 is 0. The summed E-state index contributed by atoms with van der Waals surface area (Å²) in [5.74, 6) is -1.57. The second-order valence-corrected chi connectivity index (χ2v) is 9.95. The van der Waals surface area contributed by atoms with E-state index >= 15 is 0 Å². The highest BCUT2D eigenvalue weighted by Gasteiger charge is 2.35. The number of para-hydroxylation sites is 1. The first kappa shape index (κ1) is 23.4. The molecule has 0 radical (unpaired) electrons. The fourth-order valence-corrected chi connectivity index (χ4v) is 5.55. The van der Waals surface area contributed by atoms with Gasteiger partial charge < -0.3 is 10.1 Å². The van der Waals surface area contributed by atoms with Gasteiger partial charge in [0.2, 0.25) is 9.84 Å². The van der Waals surface area contributed by atoms with Crippen LogP contribution < -0.4 is 5.32 Å². The highest BCUT2D eigenvalue weighted by molar-refractivity contribution is 7.91. The molecule has 0 aromatic heterocycles. The van der Waals surface area contributed by atoms with Crippen molar-refractivity contribution in [2.75, 3.05) is 11.9 Å². The van der Waals surface area contributed by atoms with Crippen LogP contribution in [0.3, 0.4) is 0 Å². The van der Waals surface area contributed by atoms with Crippen LogP contribution in [0.1, 0.15) is 58.0 Å². The first-order chi connectivity index (χ1) is 16.2. The number of ether oxygens (including phenoxy) is 1. The molecule has 4 rings (SSSR count). The van der Waals surface area contributed by atoms with Crippen LogP contribution in [-0.4, -0.2) is 32.7 Å². The van der Waals surface area contributed by atoms with Crippen LogP contribution in [-0.2, 0) is 19.4 Å². The fourth-order valence-electron chi connectivity index (χ4n) is 3.87. The molecule has 0 saturated carbocycles. The third-order valence-corrected chi connectivity index (χ3v) is 7.74. The van der Waals surface area contributed by atoms with Gasteiger partial charge in [-0.05, 0) is 54.3 Å². The number of sulfone groups is 1. The molecule has 1 amide bonds. The Labute approximate surface area is 197 Å². The molecular formula is C26H23NO6S. The molecule has 1 N–H and O–H groups in total. The molecule has 34 heavy (non-hydrogen) atoms. The van der Waals surface area contributed by atoms with Gasteiger partial charge in [-0.3, -0.25) is 9.59 Å². The minimum atomic E-state index is -3.99. The number of benzene rings is 3. The zero-order valence-electron chi connectivity index (χ0n) is 18.7. The van der Waals surface area contributed by atoms with Crippen molar-refractivity contribution < 1.29 is 27.5 Å². The van der Waals surface area contributed by atoms with E-state index in [1.807, 2.05) is 12.1 Å². The summed E-state index contributed by atoms with van der Waals surface area (Å²) in [6.45, 7) is 3.56. The monoisotopic (exact) mass is 477 g/mol. The molecule has 0 spiro atoms. The molecular weight excluding hydrogens is 454 g/mol. The topological polar surface area (TPSA) is 107 Å². The van der Waals surface area contributed by atoms with Gasteiger partial charge in [-0.1, -0.05) is 44.2 Å². The Balaban J connectivity index is 1.50. The number of carbonyl (C=O) groups excluding carboxylic acids is 3. The first-order valence-electron chi connectivity index (χ1n) is 10.8. The van der Waals surface area contributed by atoms with Crippen molar-refractivity contribution in [2.24, 2.45) is 0 Å². The molecule has 0 fully saturated rings. The van der Waals surface area contributed by atoms with Crippen molar-refractivity contribution in [3.8, 4) is 0 Å². The Morgan fingerprint density at radius 1 is 0.941 bits per heavy atom. The Kier molecular flexibility index (Phi) is 6.34. The summed E-state index contributed by atoms with van der Waals surface area (Å²) in [6, 6.07) is 17.1. The second kappa shape index (κ2) is 9.23. The molecule has 1 aliphatic rings. The van der Waals surface area contributed by atoms with Gasteiger partial charge in [-0.25, -0.2) is 13.2 Å². The molecule has 8 heteroatoms. The molecule has 174 valence electrons. The Morgan fingerprint density at radius 2 is 1.62 bits per heavy atom. The number of carbonyl (C=O) groups is 3. The van der Waals surface area contributed by atoms with Gasteiger partial charge in [-0.2, -0.15) is 0 Å². The van der Waals surface area contributed by atoms with E-state index < -0.39 is 34.1 Å². The summed E-state index contributed by atoms with van der Waals surface area (Å²) in [4.78, 5) is 37.3. The van der Waals surface area contributed by atoms with E-state index in [-0.39, 0.29) is 32.4 Å².